The van der Waals surface area contributed by atoms with Crippen molar-refractivity contribution in [2.75, 3.05) is 0 Å². The Balaban J connectivity index is 2.20. The van der Waals surface area contributed by atoms with E-state index >= 15 is 0 Å². The van der Waals surface area contributed by atoms with E-state index in [9.17, 15) is 14.7 Å². The summed E-state index contributed by atoms with van der Waals surface area (Å²) in [6.45, 7) is 6.08. The molecule has 3 aromatic rings. The van der Waals surface area contributed by atoms with Crippen molar-refractivity contribution >= 4 is 11.8 Å². The van der Waals surface area contributed by atoms with Gasteiger partial charge in [-0.05, 0) is 47.2 Å². The molecule has 29 heavy (non-hydrogen) atoms. The van der Waals surface area contributed by atoms with Gasteiger partial charge >= 0.3 is 5.97 Å². The standard InChI is InChI=1S/C25H24O4/c1-4-25(2,3)21-15-19(16-10-12-18(13-11-16)24(28)29)14-20(23(21)27)22(26)17-8-6-5-7-9-17/h5-15,27H,4H2,1-3H3,(H,28,29). The van der Waals surface area contributed by atoms with Gasteiger partial charge in [0.2, 0.25) is 0 Å². The lowest BCUT2D eigenvalue weighted by atomic mass is 9.78. The van der Waals surface area contributed by atoms with E-state index in [1.165, 1.54) is 12.1 Å². The molecule has 0 saturated heterocycles. The van der Waals surface area contributed by atoms with Crippen LogP contribution < -0.4 is 0 Å². The highest BCUT2D eigenvalue weighted by Crippen LogP contribution is 2.40. The number of carboxylic acid groups (broad SMARTS) is 1. The molecule has 0 aromatic heterocycles. The zero-order valence-electron chi connectivity index (χ0n) is 16.8. The number of carbonyl (C=O) groups excluding carboxylic acids is 1. The topological polar surface area (TPSA) is 74.6 Å². The number of ketones is 1. The molecule has 0 unspecified atom stereocenters. The Morgan fingerprint density at radius 1 is 0.862 bits per heavy atom. The van der Waals surface area contributed by atoms with Crippen LogP contribution in [0.5, 0.6) is 5.75 Å². The van der Waals surface area contributed by atoms with Crippen molar-refractivity contribution in [1.29, 1.82) is 0 Å². The van der Waals surface area contributed by atoms with Gasteiger partial charge in [-0.25, -0.2) is 4.79 Å². The summed E-state index contributed by atoms with van der Waals surface area (Å²) in [6, 6.07) is 18.9. The number of phenolic OH excluding ortho intramolecular Hbond substituents is 1. The van der Waals surface area contributed by atoms with Crippen LogP contribution >= 0.6 is 0 Å². The first-order valence-electron chi connectivity index (χ1n) is 9.55. The van der Waals surface area contributed by atoms with Crippen molar-refractivity contribution in [3.05, 3.63) is 89.0 Å². The van der Waals surface area contributed by atoms with Crippen LogP contribution in [0.25, 0.3) is 11.1 Å². The summed E-state index contributed by atoms with van der Waals surface area (Å²) < 4.78 is 0. The normalized spacial score (nSPS) is 11.3. The first-order chi connectivity index (χ1) is 13.7. The molecule has 4 heteroatoms. The Morgan fingerprint density at radius 3 is 2.03 bits per heavy atom. The summed E-state index contributed by atoms with van der Waals surface area (Å²) in [5.41, 5.74) is 2.84. The molecule has 2 N–H and O–H groups in total. The van der Waals surface area contributed by atoms with Crippen LogP contribution in [0.2, 0.25) is 0 Å². The molecule has 0 heterocycles. The van der Waals surface area contributed by atoms with Crippen molar-refractivity contribution in [1.82, 2.24) is 0 Å². The number of benzene rings is 3. The summed E-state index contributed by atoms with van der Waals surface area (Å²) in [5.74, 6) is -1.24. The van der Waals surface area contributed by atoms with Gasteiger partial charge in [0.1, 0.15) is 5.75 Å². The van der Waals surface area contributed by atoms with E-state index in [1.807, 2.05) is 32.9 Å². The Hall–Kier alpha value is -3.40. The van der Waals surface area contributed by atoms with Gasteiger partial charge in [0.15, 0.2) is 5.78 Å². The van der Waals surface area contributed by atoms with E-state index in [1.54, 1.807) is 42.5 Å². The van der Waals surface area contributed by atoms with Gasteiger partial charge < -0.3 is 10.2 Å². The number of rotatable bonds is 6. The highest BCUT2D eigenvalue weighted by atomic mass is 16.4. The number of aromatic carboxylic acids is 1. The van der Waals surface area contributed by atoms with Gasteiger partial charge in [0.05, 0.1) is 11.1 Å². The molecule has 0 bridgehead atoms. The maximum atomic E-state index is 13.1. The fourth-order valence-electron chi connectivity index (χ4n) is 3.23. The third-order valence-electron chi connectivity index (χ3n) is 5.47. The molecule has 0 amide bonds. The average Bonchev–Trinajstić information content (AvgIpc) is 2.74. The van der Waals surface area contributed by atoms with E-state index in [2.05, 4.69) is 0 Å². The Morgan fingerprint density at radius 2 is 1.48 bits per heavy atom. The van der Waals surface area contributed by atoms with E-state index in [4.69, 9.17) is 5.11 Å². The molecular weight excluding hydrogens is 364 g/mol. The third kappa shape index (κ3) is 4.06. The molecule has 0 aliphatic heterocycles. The van der Waals surface area contributed by atoms with Crippen molar-refractivity contribution in [3.8, 4) is 16.9 Å². The summed E-state index contributed by atoms with van der Waals surface area (Å²) in [5, 5.41) is 20.1. The van der Waals surface area contributed by atoms with Crippen molar-refractivity contribution in [2.45, 2.75) is 32.6 Å². The summed E-state index contributed by atoms with van der Waals surface area (Å²) in [7, 11) is 0. The zero-order chi connectivity index (χ0) is 21.2. The fraction of sp³-hybridized carbons (Fsp3) is 0.200. The highest BCUT2D eigenvalue weighted by molar-refractivity contribution is 6.11. The molecule has 0 aliphatic rings. The lowest BCUT2D eigenvalue weighted by Gasteiger charge is -2.26. The van der Waals surface area contributed by atoms with E-state index in [0.717, 1.165) is 17.5 Å². The zero-order valence-corrected chi connectivity index (χ0v) is 16.8. The van der Waals surface area contributed by atoms with Gasteiger partial charge in [-0.2, -0.15) is 0 Å². The molecule has 0 fully saturated rings. The van der Waals surface area contributed by atoms with Crippen LogP contribution in [0, 0.1) is 0 Å². The van der Waals surface area contributed by atoms with Crippen LogP contribution in [0.3, 0.4) is 0 Å². The van der Waals surface area contributed by atoms with Crippen molar-refractivity contribution in [2.24, 2.45) is 0 Å². The largest absolute Gasteiger partial charge is 0.507 e. The first-order valence-corrected chi connectivity index (χ1v) is 9.55. The quantitative estimate of drug-likeness (QED) is 0.533. The SMILES string of the molecule is CCC(C)(C)c1cc(-c2ccc(C(=O)O)cc2)cc(C(=O)c2ccccc2)c1O. The number of carboxylic acids is 1. The number of phenols is 1. The molecule has 4 nitrogen and oxygen atoms in total. The molecule has 0 radical (unpaired) electrons. The number of aromatic hydroxyl groups is 1. The van der Waals surface area contributed by atoms with Crippen LogP contribution in [-0.4, -0.2) is 22.0 Å². The van der Waals surface area contributed by atoms with E-state index in [-0.39, 0.29) is 28.1 Å². The highest BCUT2D eigenvalue weighted by Gasteiger charge is 2.27. The van der Waals surface area contributed by atoms with Crippen LogP contribution in [-0.2, 0) is 5.41 Å². The molecule has 3 aromatic carbocycles. The van der Waals surface area contributed by atoms with Gasteiger partial charge in [-0.1, -0.05) is 63.2 Å². The minimum Gasteiger partial charge on any atom is -0.507 e. The first kappa shape index (κ1) is 20.3. The molecule has 3 rings (SSSR count). The second-order valence-electron chi connectivity index (χ2n) is 7.74. The number of carbonyl (C=O) groups is 2. The summed E-state index contributed by atoms with van der Waals surface area (Å²) >= 11 is 0. The van der Waals surface area contributed by atoms with E-state index < -0.39 is 5.97 Å². The van der Waals surface area contributed by atoms with Crippen LogP contribution in [0.1, 0.15) is 59.0 Å². The molecule has 0 spiro atoms. The Labute approximate surface area is 170 Å². The minimum atomic E-state index is -0.991. The maximum absolute atomic E-state index is 13.1. The lowest BCUT2D eigenvalue weighted by Crippen LogP contribution is -2.17. The third-order valence-corrected chi connectivity index (χ3v) is 5.47. The number of hydrogen-bond acceptors (Lipinski definition) is 3. The maximum Gasteiger partial charge on any atom is 0.335 e. The molecule has 0 saturated carbocycles. The van der Waals surface area contributed by atoms with Crippen LogP contribution in [0.15, 0.2) is 66.7 Å². The Kier molecular flexibility index (Phi) is 5.55. The molecular formula is C25H24O4. The van der Waals surface area contributed by atoms with E-state index in [0.29, 0.717) is 11.1 Å². The van der Waals surface area contributed by atoms with Crippen molar-refractivity contribution in [3.63, 3.8) is 0 Å². The second kappa shape index (κ2) is 7.92. The van der Waals surface area contributed by atoms with Gasteiger partial charge in [-0.15, -0.1) is 0 Å². The predicted octanol–water partition coefficient (Wildman–Crippen LogP) is 5.68. The van der Waals surface area contributed by atoms with Crippen molar-refractivity contribution < 1.29 is 19.8 Å². The predicted molar refractivity (Wildman–Crippen MR) is 114 cm³/mol. The van der Waals surface area contributed by atoms with Gasteiger partial charge in [0, 0.05) is 11.1 Å². The lowest BCUT2D eigenvalue weighted by molar-refractivity contribution is 0.0696. The number of hydrogen-bond donors (Lipinski definition) is 2. The molecule has 0 aliphatic carbocycles. The smallest absolute Gasteiger partial charge is 0.335 e. The van der Waals surface area contributed by atoms with Gasteiger partial charge in [0.25, 0.3) is 0 Å². The van der Waals surface area contributed by atoms with Crippen LogP contribution in [0.4, 0.5) is 0 Å². The monoisotopic (exact) mass is 388 g/mol. The summed E-state index contributed by atoms with van der Waals surface area (Å²) in [6.07, 6.45) is 0.779. The average molecular weight is 388 g/mol. The molecule has 148 valence electrons. The minimum absolute atomic E-state index is 0.00314. The Bertz CT molecular complexity index is 1050. The summed E-state index contributed by atoms with van der Waals surface area (Å²) in [4.78, 5) is 24.3. The second-order valence-corrected chi connectivity index (χ2v) is 7.74. The molecule has 0 atom stereocenters. The van der Waals surface area contributed by atoms with Gasteiger partial charge in [-0.3, -0.25) is 4.79 Å². The fourth-order valence-corrected chi connectivity index (χ4v) is 3.23.